The highest BCUT2D eigenvalue weighted by atomic mass is 28.4. The molecule has 1 spiro atoms. The van der Waals surface area contributed by atoms with E-state index < -0.39 is 16.6 Å². The number of hydrogen-bond acceptors (Lipinski definition) is 3. The van der Waals surface area contributed by atoms with Crippen LogP contribution in [-0.4, -0.2) is 40.5 Å². The summed E-state index contributed by atoms with van der Waals surface area (Å²) in [6.45, 7) is 31.6. The van der Waals surface area contributed by atoms with Gasteiger partial charge in [-0.1, -0.05) is 67.0 Å². The second-order valence-electron chi connectivity index (χ2n) is 17.6. The molecule has 0 aromatic carbocycles. The maximum absolute atomic E-state index is 7.51. The topological polar surface area (TPSA) is 31.0 Å². The summed E-state index contributed by atoms with van der Waals surface area (Å²) in [5, 5.41) is 0.431. The fourth-order valence-electron chi connectivity index (χ4n) is 9.22. The van der Waals surface area contributed by atoms with Gasteiger partial charge in [0, 0.05) is 10.8 Å². The Balaban J connectivity index is 1.50. The Kier molecular flexibility index (Phi) is 6.83. The average Bonchev–Trinajstić information content (AvgIpc) is 3.33. The van der Waals surface area contributed by atoms with E-state index in [1.54, 1.807) is 5.57 Å². The predicted molar refractivity (Wildman–Crippen MR) is 165 cm³/mol. The van der Waals surface area contributed by atoms with Gasteiger partial charge in [0.25, 0.3) is 0 Å². The lowest BCUT2D eigenvalue weighted by Gasteiger charge is -2.61. The molecule has 4 aliphatic carbocycles. The third-order valence-electron chi connectivity index (χ3n) is 13.8. The van der Waals surface area contributed by atoms with Crippen LogP contribution < -0.4 is 0 Å². The Morgan fingerprint density at radius 1 is 0.868 bits per heavy atom. The lowest BCUT2D eigenvalue weighted by Crippen LogP contribution is -2.60. The van der Waals surface area contributed by atoms with Crippen LogP contribution in [0.15, 0.2) is 11.6 Å². The lowest BCUT2D eigenvalue weighted by atomic mass is 9.46. The summed E-state index contributed by atoms with van der Waals surface area (Å²) < 4.78 is 21.1. The van der Waals surface area contributed by atoms with Crippen molar-refractivity contribution in [2.24, 2.45) is 28.6 Å². The van der Waals surface area contributed by atoms with Crippen molar-refractivity contribution in [3.63, 3.8) is 0 Å². The van der Waals surface area contributed by atoms with Crippen LogP contribution in [0.3, 0.4) is 0 Å². The summed E-state index contributed by atoms with van der Waals surface area (Å²) in [6, 6.07) is 0. The fourth-order valence-corrected chi connectivity index (χ4v) is 12.0. The second kappa shape index (κ2) is 8.78. The minimum atomic E-state index is -1.95. The van der Waals surface area contributed by atoms with Crippen LogP contribution in [0.4, 0.5) is 0 Å². The van der Waals surface area contributed by atoms with Gasteiger partial charge in [-0.15, -0.1) is 0 Å². The number of allylic oxidation sites excluding steroid dienone is 1. The number of ether oxygens (including phenoxy) is 1. The summed E-state index contributed by atoms with van der Waals surface area (Å²) in [6.07, 6.45) is 12.4. The largest absolute Gasteiger partial charge is 0.414 e. The van der Waals surface area contributed by atoms with Crippen LogP contribution >= 0.6 is 0 Å². The first-order valence-electron chi connectivity index (χ1n) is 15.9. The van der Waals surface area contributed by atoms with Gasteiger partial charge in [0.2, 0.25) is 0 Å². The summed E-state index contributed by atoms with van der Waals surface area (Å²) in [5.41, 5.74) is 2.33. The van der Waals surface area contributed by atoms with Gasteiger partial charge in [0.05, 0.1) is 18.3 Å². The molecule has 4 fully saturated rings. The molecule has 1 aliphatic heterocycles. The summed E-state index contributed by atoms with van der Waals surface area (Å²) in [5.74, 6) is 2.27. The molecule has 0 radical (unpaired) electrons. The molecule has 0 amide bonds. The van der Waals surface area contributed by atoms with E-state index in [0.29, 0.717) is 17.4 Å². The third-order valence-corrected chi connectivity index (χ3v) is 22.8. The molecule has 5 heteroatoms. The molecule has 0 unspecified atom stereocenters. The Morgan fingerprint density at radius 2 is 1.42 bits per heavy atom. The van der Waals surface area contributed by atoms with Gasteiger partial charge in [-0.05, 0) is 106 Å². The van der Waals surface area contributed by atoms with Gasteiger partial charge in [0.15, 0.2) is 16.6 Å². The Bertz CT molecular complexity index is 974. The molecule has 0 aromatic heterocycles. The van der Waals surface area contributed by atoms with Gasteiger partial charge in [-0.25, -0.2) is 0 Å². The zero-order valence-electron chi connectivity index (χ0n) is 27.2. The molecular weight excluding hydrogens is 501 g/mol. The Labute approximate surface area is 237 Å². The fraction of sp³-hybridized carbons (Fsp3) is 0.939. The van der Waals surface area contributed by atoms with Crippen molar-refractivity contribution in [1.82, 2.24) is 0 Å². The zero-order valence-corrected chi connectivity index (χ0v) is 29.2. The van der Waals surface area contributed by atoms with Crippen molar-refractivity contribution in [3.8, 4) is 0 Å². The molecule has 38 heavy (non-hydrogen) atoms. The Hall–Kier alpha value is 0.0538. The van der Waals surface area contributed by atoms with Crippen molar-refractivity contribution >= 4 is 16.6 Å². The third kappa shape index (κ3) is 4.17. The number of rotatable bonds is 4. The minimum absolute atomic E-state index is 0.124. The first kappa shape index (κ1) is 29.5. The molecule has 5 rings (SSSR count). The van der Waals surface area contributed by atoms with Crippen molar-refractivity contribution in [1.29, 1.82) is 0 Å². The lowest BCUT2D eigenvalue weighted by molar-refractivity contribution is -0.101. The van der Waals surface area contributed by atoms with Crippen LogP contribution in [0, 0.1) is 28.6 Å². The SMILES string of the molecule is C[C@@H]1O[C@@]12CC[C@H]1[C@@H]3CC=C4C[C@@H](O[Si](C)(C)C(C)(C)C)C[C@H](O[Si](C)(C)C(C)(C)C)[C@]4(C)[C@H]3CC[C@@]12C. The van der Waals surface area contributed by atoms with E-state index in [-0.39, 0.29) is 33.3 Å². The van der Waals surface area contributed by atoms with Crippen molar-refractivity contribution < 1.29 is 13.6 Å². The molecule has 218 valence electrons. The van der Waals surface area contributed by atoms with Crippen LogP contribution in [0.25, 0.3) is 0 Å². The maximum Gasteiger partial charge on any atom is 0.192 e. The van der Waals surface area contributed by atoms with Crippen LogP contribution in [-0.2, 0) is 13.6 Å². The van der Waals surface area contributed by atoms with E-state index in [1.807, 2.05) is 0 Å². The molecule has 3 nitrogen and oxygen atoms in total. The molecule has 1 heterocycles. The summed E-state index contributed by atoms with van der Waals surface area (Å²) >= 11 is 0. The van der Waals surface area contributed by atoms with E-state index in [1.165, 1.54) is 32.1 Å². The molecule has 5 aliphatic rings. The maximum atomic E-state index is 7.51. The number of hydrogen-bond donors (Lipinski definition) is 0. The van der Waals surface area contributed by atoms with Crippen molar-refractivity contribution in [2.45, 2.75) is 167 Å². The smallest absolute Gasteiger partial charge is 0.192 e. The van der Waals surface area contributed by atoms with Gasteiger partial charge < -0.3 is 13.6 Å². The zero-order chi connectivity index (χ0) is 28.3. The van der Waals surface area contributed by atoms with E-state index in [0.717, 1.165) is 24.7 Å². The average molecular weight is 561 g/mol. The summed E-state index contributed by atoms with van der Waals surface area (Å²) in [4.78, 5) is 0. The number of fused-ring (bicyclic) bond motifs is 6. The Morgan fingerprint density at radius 3 is 1.97 bits per heavy atom. The van der Waals surface area contributed by atoms with E-state index in [9.17, 15) is 0 Å². The molecule has 1 saturated heterocycles. The summed E-state index contributed by atoms with van der Waals surface area (Å²) in [7, 11) is -3.81. The van der Waals surface area contributed by atoms with Crippen molar-refractivity contribution in [3.05, 3.63) is 11.6 Å². The highest BCUT2D eigenvalue weighted by Crippen LogP contribution is 2.72. The molecule has 0 aromatic rings. The van der Waals surface area contributed by atoms with Crippen molar-refractivity contribution in [2.75, 3.05) is 0 Å². The second-order valence-corrected chi connectivity index (χ2v) is 27.1. The first-order valence-corrected chi connectivity index (χ1v) is 21.7. The molecule has 0 N–H and O–H groups in total. The molecular formula is C33H60O3Si2. The quantitative estimate of drug-likeness (QED) is 0.195. The van der Waals surface area contributed by atoms with E-state index in [4.69, 9.17) is 13.6 Å². The first-order chi connectivity index (χ1) is 17.2. The van der Waals surface area contributed by atoms with Crippen LogP contribution in [0.5, 0.6) is 0 Å². The standard InChI is InChI=1S/C33H60O3Si2/c1-22-33(34-22)19-17-26-25-15-14-23-20-24(35-37(10,11)29(2,3)4)21-28(36-38(12,13)30(5,6)7)32(23,9)27(25)16-18-31(26,33)8/h14,22,24-28H,15-21H2,1-13H3/t22-,24+,25-,26-,27-,28-,31-,32-,33-/m0/s1. The monoisotopic (exact) mass is 560 g/mol. The van der Waals surface area contributed by atoms with Gasteiger partial charge in [0.1, 0.15) is 5.60 Å². The van der Waals surface area contributed by atoms with Crippen LogP contribution in [0.1, 0.15) is 107 Å². The van der Waals surface area contributed by atoms with E-state index in [2.05, 4.69) is 94.6 Å². The molecule has 3 saturated carbocycles. The highest BCUT2D eigenvalue weighted by molar-refractivity contribution is 6.74. The molecule has 0 bridgehead atoms. The molecule has 9 atom stereocenters. The minimum Gasteiger partial charge on any atom is -0.414 e. The van der Waals surface area contributed by atoms with E-state index >= 15 is 0 Å². The van der Waals surface area contributed by atoms with Gasteiger partial charge in [-0.2, -0.15) is 0 Å². The normalized spacial score (nSPS) is 45.3. The predicted octanol–water partition coefficient (Wildman–Crippen LogP) is 9.50. The van der Waals surface area contributed by atoms with Crippen LogP contribution in [0.2, 0.25) is 36.3 Å². The van der Waals surface area contributed by atoms with Gasteiger partial charge >= 0.3 is 0 Å². The highest BCUT2D eigenvalue weighted by Gasteiger charge is 2.73. The van der Waals surface area contributed by atoms with Gasteiger partial charge in [-0.3, -0.25) is 0 Å². The number of epoxide rings is 1.